The lowest BCUT2D eigenvalue weighted by atomic mass is 9.95. The van der Waals surface area contributed by atoms with Crippen LogP contribution in [-0.4, -0.2) is 18.0 Å². The van der Waals surface area contributed by atoms with Crippen molar-refractivity contribution in [3.8, 4) is 0 Å². The van der Waals surface area contributed by atoms with Gasteiger partial charge in [-0.25, -0.2) is 0 Å². The number of anilines is 3. The lowest BCUT2D eigenvalue weighted by Gasteiger charge is -2.42. The molecule has 1 aliphatic rings. The summed E-state index contributed by atoms with van der Waals surface area (Å²) in [6.07, 6.45) is 3.57. The predicted octanol–water partition coefficient (Wildman–Crippen LogP) is 5.90. The van der Waals surface area contributed by atoms with Crippen LogP contribution in [0.3, 0.4) is 0 Å². The van der Waals surface area contributed by atoms with Crippen LogP contribution in [0.25, 0.3) is 0 Å². The Bertz CT molecular complexity index is 859. The monoisotopic (exact) mass is 405 g/mol. The van der Waals surface area contributed by atoms with Gasteiger partial charge in [0.1, 0.15) is 0 Å². The fourth-order valence-corrected chi connectivity index (χ4v) is 4.36. The van der Waals surface area contributed by atoms with Crippen LogP contribution < -0.4 is 16.0 Å². The number of rotatable bonds is 3. The first kappa shape index (κ1) is 19.8. The van der Waals surface area contributed by atoms with Crippen molar-refractivity contribution in [2.24, 2.45) is 0 Å². The summed E-state index contributed by atoms with van der Waals surface area (Å²) in [7, 11) is 0. The zero-order chi connectivity index (χ0) is 19.7. The van der Waals surface area contributed by atoms with E-state index < -0.39 is 0 Å². The van der Waals surface area contributed by atoms with Crippen molar-refractivity contribution in [1.29, 1.82) is 0 Å². The maximum absolute atomic E-state index is 12.7. The molecule has 0 aromatic heterocycles. The van der Waals surface area contributed by atoms with Crippen molar-refractivity contribution >= 4 is 46.2 Å². The number of nitrogen functional groups attached to an aromatic ring is 1. The van der Waals surface area contributed by atoms with Gasteiger partial charge < -0.3 is 16.0 Å². The van der Waals surface area contributed by atoms with Crippen molar-refractivity contribution in [3.63, 3.8) is 0 Å². The minimum Gasteiger partial charge on any atom is -0.397 e. The predicted molar refractivity (Wildman–Crippen MR) is 115 cm³/mol. The number of carbonyl (C=O) groups excluding carboxylic acids is 1. The Morgan fingerprint density at radius 3 is 2.44 bits per heavy atom. The molecule has 144 valence electrons. The molecule has 0 bridgehead atoms. The number of piperidine rings is 1. The minimum absolute atomic E-state index is 0.307. The number of carbonyl (C=O) groups is 1. The first-order chi connectivity index (χ1) is 12.8. The van der Waals surface area contributed by atoms with Gasteiger partial charge in [0.25, 0.3) is 5.91 Å². The normalized spacial score (nSPS) is 19.8. The average molecular weight is 406 g/mol. The number of amides is 1. The Labute approximate surface area is 170 Å². The van der Waals surface area contributed by atoms with E-state index in [1.54, 1.807) is 18.2 Å². The second-order valence-electron chi connectivity index (χ2n) is 7.34. The van der Waals surface area contributed by atoms with Crippen LogP contribution in [0, 0.1) is 6.92 Å². The van der Waals surface area contributed by atoms with E-state index in [4.69, 9.17) is 28.9 Å². The number of nitrogens with zero attached hydrogens (tertiary/aromatic N) is 1. The number of nitrogens with one attached hydrogen (secondary N) is 1. The van der Waals surface area contributed by atoms with Crippen LogP contribution >= 0.6 is 23.2 Å². The highest BCUT2D eigenvalue weighted by Gasteiger charge is 2.27. The van der Waals surface area contributed by atoms with Crippen molar-refractivity contribution in [1.82, 2.24) is 0 Å². The molecule has 1 amide bonds. The van der Waals surface area contributed by atoms with Gasteiger partial charge >= 0.3 is 0 Å². The van der Waals surface area contributed by atoms with Gasteiger partial charge in [-0.15, -0.1) is 0 Å². The summed E-state index contributed by atoms with van der Waals surface area (Å²) in [6, 6.07) is 9.60. The van der Waals surface area contributed by atoms with E-state index in [1.165, 1.54) is 6.42 Å². The van der Waals surface area contributed by atoms with Crippen LogP contribution in [0.15, 0.2) is 30.3 Å². The maximum Gasteiger partial charge on any atom is 0.257 e. The largest absolute Gasteiger partial charge is 0.397 e. The van der Waals surface area contributed by atoms with Gasteiger partial charge in [-0.05, 0) is 75.9 Å². The molecule has 0 aliphatic carbocycles. The van der Waals surface area contributed by atoms with Crippen LogP contribution in [0.5, 0.6) is 0 Å². The third kappa shape index (κ3) is 4.17. The molecule has 1 fully saturated rings. The molecular formula is C21H25Cl2N3O. The van der Waals surface area contributed by atoms with Gasteiger partial charge in [-0.2, -0.15) is 0 Å². The topological polar surface area (TPSA) is 58.4 Å². The SMILES string of the molecule is Cc1cc(N)c(NC(=O)c2ccc(Cl)cc2Cl)cc1N1[C@H](C)CCC[C@@H]1C. The Morgan fingerprint density at radius 1 is 1.15 bits per heavy atom. The molecule has 2 aromatic rings. The molecule has 1 saturated heterocycles. The summed E-state index contributed by atoms with van der Waals surface area (Å²) in [4.78, 5) is 15.1. The summed E-state index contributed by atoms with van der Waals surface area (Å²) in [6.45, 7) is 6.55. The molecule has 0 spiro atoms. The standard InChI is InChI=1S/C21H25Cl2N3O/c1-12-9-18(24)19(11-20(12)26-13(2)5-4-6-14(26)3)25-21(27)16-8-7-15(22)10-17(16)23/h7-11,13-14H,4-6,24H2,1-3H3,(H,25,27)/t13-,14+. The van der Waals surface area contributed by atoms with E-state index in [9.17, 15) is 4.79 Å². The zero-order valence-corrected chi connectivity index (χ0v) is 17.4. The van der Waals surface area contributed by atoms with Crippen LogP contribution in [0.1, 0.15) is 49.0 Å². The molecule has 1 heterocycles. The van der Waals surface area contributed by atoms with E-state index in [0.717, 1.165) is 24.1 Å². The molecule has 3 rings (SSSR count). The Kier molecular flexibility index (Phi) is 5.87. The summed E-state index contributed by atoms with van der Waals surface area (Å²) in [5.41, 5.74) is 9.90. The molecule has 3 N–H and O–H groups in total. The fourth-order valence-electron chi connectivity index (χ4n) is 3.86. The van der Waals surface area contributed by atoms with Gasteiger partial charge in [0.05, 0.1) is 22.0 Å². The highest BCUT2D eigenvalue weighted by molar-refractivity contribution is 6.37. The molecule has 27 heavy (non-hydrogen) atoms. The van der Waals surface area contributed by atoms with E-state index in [2.05, 4.69) is 31.0 Å². The van der Waals surface area contributed by atoms with Gasteiger partial charge in [0, 0.05) is 22.8 Å². The second kappa shape index (κ2) is 7.99. The smallest absolute Gasteiger partial charge is 0.257 e. The summed E-state index contributed by atoms with van der Waals surface area (Å²) in [5, 5.41) is 3.70. The maximum atomic E-state index is 12.7. The summed E-state index contributed by atoms with van der Waals surface area (Å²) in [5.74, 6) is -0.307. The van der Waals surface area contributed by atoms with Crippen molar-refractivity contribution < 1.29 is 4.79 Å². The number of benzene rings is 2. The van der Waals surface area contributed by atoms with Gasteiger partial charge in [0.15, 0.2) is 0 Å². The molecule has 0 radical (unpaired) electrons. The third-order valence-electron chi connectivity index (χ3n) is 5.26. The minimum atomic E-state index is -0.307. The lowest BCUT2D eigenvalue weighted by molar-refractivity contribution is 0.102. The number of hydrogen-bond acceptors (Lipinski definition) is 3. The highest BCUT2D eigenvalue weighted by Crippen LogP contribution is 2.36. The van der Waals surface area contributed by atoms with Crippen molar-refractivity contribution in [2.75, 3.05) is 16.0 Å². The first-order valence-corrected chi connectivity index (χ1v) is 9.98. The number of hydrogen-bond donors (Lipinski definition) is 2. The first-order valence-electron chi connectivity index (χ1n) is 9.22. The Morgan fingerprint density at radius 2 is 1.81 bits per heavy atom. The van der Waals surface area contributed by atoms with E-state index in [0.29, 0.717) is 39.1 Å². The van der Waals surface area contributed by atoms with Crippen LogP contribution in [-0.2, 0) is 0 Å². The van der Waals surface area contributed by atoms with Gasteiger partial charge in [-0.1, -0.05) is 23.2 Å². The molecule has 0 unspecified atom stereocenters. The average Bonchev–Trinajstić information content (AvgIpc) is 2.58. The van der Waals surface area contributed by atoms with Crippen molar-refractivity contribution in [3.05, 3.63) is 51.5 Å². The molecule has 2 atom stereocenters. The lowest BCUT2D eigenvalue weighted by Crippen LogP contribution is -2.44. The van der Waals surface area contributed by atoms with E-state index in [1.807, 2.05) is 12.1 Å². The highest BCUT2D eigenvalue weighted by atomic mass is 35.5. The molecular weight excluding hydrogens is 381 g/mol. The van der Waals surface area contributed by atoms with Crippen LogP contribution in [0.4, 0.5) is 17.1 Å². The van der Waals surface area contributed by atoms with Gasteiger partial charge in [-0.3, -0.25) is 4.79 Å². The van der Waals surface area contributed by atoms with Crippen molar-refractivity contribution in [2.45, 2.75) is 52.1 Å². The molecule has 0 saturated carbocycles. The van der Waals surface area contributed by atoms with E-state index >= 15 is 0 Å². The number of aryl methyl sites for hydroxylation is 1. The fraction of sp³-hybridized carbons (Fsp3) is 0.381. The molecule has 2 aromatic carbocycles. The second-order valence-corrected chi connectivity index (χ2v) is 8.18. The van der Waals surface area contributed by atoms with Gasteiger partial charge in [0.2, 0.25) is 0 Å². The Hall–Kier alpha value is -1.91. The number of nitrogens with two attached hydrogens (primary N) is 1. The summed E-state index contributed by atoms with van der Waals surface area (Å²) < 4.78 is 0. The molecule has 4 nitrogen and oxygen atoms in total. The van der Waals surface area contributed by atoms with E-state index in [-0.39, 0.29) is 5.91 Å². The third-order valence-corrected chi connectivity index (χ3v) is 5.81. The van der Waals surface area contributed by atoms with Crippen LogP contribution in [0.2, 0.25) is 10.0 Å². The molecule has 6 heteroatoms. The quantitative estimate of drug-likeness (QED) is 0.624. The summed E-state index contributed by atoms with van der Waals surface area (Å²) >= 11 is 12.1. The molecule has 1 aliphatic heterocycles. The Balaban J connectivity index is 1.93. The zero-order valence-electron chi connectivity index (χ0n) is 15.9. The number of halogens is 2.